The number of hydrogen-bond donors (Lipinski definition) is 3. The number of nitrogens with two attached hydrogens (primary N) is 1. The number of hydrogen-bond acceptors (Lipinski definition) is 5. The van der Waals surface area contributed by atoms with Crippen LogP contribution in [0, 0.1) is 0 Å². The van der Waals surface area contributed by atoms with Gasteiger partial charge in [0.05, 0.1) is 14.2 Å². The molecule has 0 aliphatic carbocycles. The molecule has 0 saturated heterocycles. The average molecular weight is 331 g/mol. The fraction of sp³-hybridized carbons (Fsp3) is 0.368. The fourth-order valence-corrected chi connectivity index (χ4v) is 2.66. The lowest BCUT2D eigenvalue weighted by atomic mass is 9.85. The highest BCUT2D eigenvalue weighted by Gasteiger charge is 2.31. The second kappa shape index (κ2) is 7.55. The van der Waals surface area contributed by atoms with Crippen LogP contribution in [0.1, 0.15) is 30.6 Å². The average Bonchev–Trinajstić information content (AvgIpc) is 2.59. The molecule has 5 heteroatoms. The molecule has 2 atom stereocenters. The summed E-state index contributed by atoms with van der Waals surface area (Å²) in [7, 11) is 3.19. The van der Waals surface area contributed by atoms with Gasteiger partial charge in [0.25, 0.3) is 0 Å². The molecule has 0 aliphatic heterocycles. The largest absolute Gasteiger partial charge is 0.508 e. The Morgan fingerprint density at radius 3 is 2.38 bits per heavy atom. The molecular weight excluding hydrogens is 306 g/mol. The Balaban J connectivity index is 2.11. The zero-order valence-electron chi connectivity index (χ0n) is 14.3. The SMILES string of the molecule is COc1ccc(CCC(C)(N)C(O)c2ccccc2O)cc1OC. The van der Waals surface area contributed by atoms with Crippen molar-refractivity contribution in [3.05, 3.63) is 53.6 Å². The zero-order valence-corrected chi connectivity index (χ0v) is 14.3. The molecule has 0 spiro atoms. The minimum Gasteiger partial charge on any atom is -0.508 e. The van der Waals surface area contributed by atoms with E-state index in [1.54, 1.807) is 45.4 Å². The predicted molar refractivity (Wildman–Crippen MR) is 93.5 cm³/mol. The Labute approximate surface area is 142 Å². The van der Waals surface area contributed by atoms with Crippen molar-refractivity contribution in [2.45, 2.75) is 31.4 Å². The van der Waals surface area contributed by atoms with E-state index in [0.29, 0.717) is 29.9 Å². The van der Waals surface area contributed by atoms with Crippen molar-refractivity contribution in [2.24, 2.45) is 5.73 Å². The first kappa shape index (κ1) is 18.1. The molecule has 2 rings (SSSR count). The molecule has 0 fully saturated rings. The van der Waals surface area contributed by atoms with Crippen LogP contribution < -0.4 is 15.2 Å². The second-order valence-electron chi connectivity index (χ2n) is 6.16. The van der Waals surface area contributed by atoms with E-state index in [4.69, 9.17) is 15.2 Å². The van der Waals surface area contributed by atoms with Crippen molar-refractivity contribution in [1.82, 2.24) is 0 Å². The molecule has 0 heterocycles. The van der Waals surface area contributed by atoms with E-state index < -0.39 is 11.6 Å². The summed E-state index contributed by atoms with van der Waals surface area (Å²) in [4.78, 5) is 0. The van der Waals surface area contributed by atoms with Gasteiger partial charge in [-0.25, -0.2) is 0 Å². The molecule has 0 bridgehead atoms. The maximum Gasteiger partial charge on any atom is 0.160 e. The van der Waals surface area contributed by atoms with E-state index in [2.05, 4.69) is 0 Å². The third-order valence-corrected chi connectivity index (χ3v) is 4.26. The van der Waals surface area contributed by atoms with Crippen LogP contribution in [-0.4, -0.2) is 30.0 Å². The van der Waals surface area contributed by atoms with Crippen molar-refractivity contribution < 1.29 is 19.7 Å². The molecule has 2 unspecified atom stereocenters. The zero-order chi connectivity index (χ0) is 17.7. The maximum atomic E-state index is 10.6. The lowest BCUT2D eigenvalue weighted by Gasteiger charge is -2.31. The van der Waals surface area contributed by atoms with Crippen LogP contribution in [0.3, 0.4) is 0 Å². The molecule has 0 aromatic heterocycles. The summed E-state index contributed by atoms with van der Waals surface area (Å²) in [5.41, 5.74) is 6.91. The van der Waals surface area contributed by atoms with Crippen molar-refractivity contribution in [3.63, 3.8) is 0 Å². The number of ether oxygens (including phenoxy) is 2. The summed E-state index contributed by atoms with van der Waals surface area (Å²) in [6.07, 6.45) is 0.245. The first-order valence-corrected chi connectivity index (χ1v) is 7.85. The number of benzene rings is 2. The van der Waals surface area contributed by atoms with Crippen LogP contribution in [0.15, 0.2) is 42.5 Å². The normalized spacial score (nSPS) is 14.7. The van der Waals surface area contributed by atoms with Gasteiger partial charge in [-0.1, -0.05) is 24.3 Å². The van der Waals surface area contributed by atoms with Crippen LogP contribution >= 0.6 is 0 Å². The van der Waals surface area contributed by atoms with E-state index >= 15 is 0 Å². The minimum atomic E-state index is -0.959. The lowest BCUT2D eigenvalue weighted by Crippen LogP contribution is -2.43. The van der Waals surface area contributed by atoms with Gasteiger partial charge in [-0.15, -0.1) is 0 Å². The van der Waals surface area contributed by atoms with Crippen LogP contribution in [0.2, 0.25) is 0 Å². The first-order valence-electron chi connectivity index (χ1n) is 7.85. The minimum absolute atomic E-state index is 0.0489. The highest BCUT2D eigenvalue weighted by atomic mass is 16.5. The van der Waals surface area contributed by atoms with Crippen LogP contribution in [0.4, 0.5) is 0 Å². The number of aliphatic hydroxyl groups excluding tert-OH is 1. The highest BCUT2D eigenvalue weighted by molar-refractivity contribution is 5.43. The topological polar surface area (TPSA) is 84.9 Å². The van der Waals surface area contributed by atoms with Gasteiger partial charge in [0.2, 0.25) is 0 Å². The Kier molecular flexibility index (Phi) is 5.70. The summed E-state index contributed by atoms with van der Waals surface area (Å²) in [5.74, 6) is 1.38. The van der Waals surface area contributed by atoms with Crippen LogP contribution in [0.5, 0.6) is 17.2 Å². The Hall–Kier alpha value is -2.24. The molecule has 0 amide bonds. The number of aliphatic hydroxyl groups is 1. The van der Waals surface area contributed by atoms with Gasteiger partial charge in [-0.2, -0.15) is 0 Å². The van der Waals surface area contributed by atoms with Crippen molar-refractivity contribution >= 4 is 0 Å². The number of rotatable bonds is 7. The van der Waals surface area contributed by atoms with E-state index in [1.807, 2.05) is 18.2 Å². The smallest absolute Gasteiger partial charge is 0.160 e. The molecule has 130 valence electrons. The van der Waals surface area contributed by atoms with Crippen LogP contribution in [-0.2, 0) is 6.42 Å². The second-order valence-corrected chi connectivity index (χ2v) is 6.16. The first-order chi connectivity index (χ1) is 11.4. The van der Waals surface area contributed by atoms with E-state index in [1.165, 1.54) is 0 Å². The number of para-hydroxylation sites is 1. The number of methoxy groups -OCH3 is 2. The predicted octanol–water partition coefficient (Wildman–Crippen LogP) is 2.79. The van der Waals surface area contributed by atoms with Crippen LogP contribution in [0.25, 0.3) is 0 Å². The summed E-state index contributed by atoms with van der Waals surface area (Å²) >= 11 is 0. The van der Waals surface area contributed by atoms with Gasteiger partial charge >= 0.3 is 0 Å². The molecule has 2 aromatic rings. The molecule has 24 heavy (non-hydrogen) atoms. The van der Waals surface area contributed by atoms with Gasteiger partial charge in [-0.05, 0) is 43.5 Å². The molecule has 0 radical (unpaired) electrons. The Bertz CT molecular complexity index is 685. The Morgan fingerprint density at radius 2 is 1.75 bits per heavy atom. The fourth-order valence-electron chi connectivity index (χ4n) is 2.66. The van der Waals surface area contributed by atoms with Crippen molar-refractivity contribution in [2.75, 3.05) is 14.2 Å². The van der Waals surface area contributed by atoms with Gasteiger partial charge in [0.1, 0.15) is 11.9 Å². The van der Waals surface area contributed by atoms with Gasteiger partial charge in [0, 0.05) is 11.1 Å². The molecule has 2 aromatic carbocycles. The molecule has 5 nitrogen and oxygen atoms in total. The molecule has 4 N–H and O–H groups in total. The maximum absolute atomic E-state index is 10.6. The van der Waals surface area contributed by atoms with E-state index in [9.17, 15) is 10.2 Å². The molecule has 0 aliphatic rings. The molecular formula is C19H25NO4. The van der Waals surface area contributed by atoms with E-state index in [0.717, 1.165) is 5.56 Å². The quantitative estimate of drug-likeness (QED) is 0.726. The Morgan fingerprint density at radius 1 is 1.08 bits per heavy atom. The lowest BCUT2D eigenvalue weighted by molar-refractivity contribution is 0.0864. The summed E-state index contributed by atoms with van der Waals surface area (Å²) in [6, 6.07) is 12.4. The summed E-state index contributed by atoms with van der Waals surface area (Å²) in [6.45, 7) is 1.78. The standard InChI is InChI=1S/C19H25NO4/c1-19(20,18(22)14-6-4-5-7-15(14)21)11-10-13-8-9-16(23-2)17(12-13)24-3/h4-9,12,18,21-22H,10-11,20H2,1-3H3. The summed E-state index contributed by atoms with van der Waals surface area (Å²) in [5, 5.41) is 20.5. The highest BCUT2D eigenvalue weighted by Crippen LogP contribution is 2.34. The monoisotopic (exact) mass is 331 g/mol. The number of phenolic OH excluding ortho intramolecular Hbond substituents is 1. The van der Waals surface area contributed by atoms with Crippen molar-refractivity contribution in [3.8, 4) is 17.2 Å². The van der Waals surface area contributed by atoms with E-state index in [-0.39, 0.29) is 5.75 Å². The van der Waals surface area contributed by atoms with Gasteiger partial charge in [0.15, 0.2) is 11.5 Å². The van der Waals surface area contributed by atoms with Gasteiger partial charge < -0.3 is 25.4 Å². The number of phenols is 1. The third kappa shape index (κ3) is 3.99. The number of aromatic hydroxyl groups is 1. The third-order valence-electron chi connectivity index (χ3n) is 4.26. The number of aryl methyl sites for hydroxylation is 1. The summed E-state index contributed by atoms with van der Waals surface area (Å²) < 4.78 is 10.5. The molecule has 0 saturated carbocycles. The van der Waals surface area contributed by atoms with Crippen molar-refractivity contribution in [1.29, 1.82) is 0 Å². The van der Waals surface area contributed by atoms with Gasteiger partial charge in [-0.3, -0.25) is 0 Å².